The van der Waals surface area contributed by atoms with Crippen LogP contribution in [0.2, 0.25) is 5.02 Å². The summed E-state index contributed by atoms with van der Waals surface area (Å²) in [5.74, 6) is 0.558. The van der Waals surface area contributed by atoms with Gasteiger partial charge in [-0.2, -0.15) is 5.26 Å². The second kappa shape index (κ2) is 9.02. The first-order valence-electron chi connectivity index (χ1n) is 6.95. The number of carbonyl (C=O) groups excluding carboxylic acids is 1. The first-order chi connectivity index (χ1) is 11.6. The van der Waals surface area contributed by atoms with Gasteiger partial charge in [-0.15, -0.1) is 11.8 Å². The standard InChI is InChI=1S/C18H14ClNO3S/c1-22-17-11-13(3-2-10-20)4-9-16(17)23-18(21)12-24-15-7-5-14(19)6-8-15/h2-9,11H,12H2,1H3/b3-2-. The Morgan fingerprint density at radius 1 is 1.25 bits per heavy atom. The van der Waals surface area contributed by atoms with Crippen LogP contribution in [-0.2, 0) is 4.79 Å². The lowest BCUT2D eigenvalue weighted by Crippen LogP contribution is -2.11. The molecule has 0 fully saturated rings. The van der Waals surface area contributed by atoms with Gasteiger partial charge in [0.15, 0.2) is 11.5 Å². The molecular weight excluding hydrogens is 346 g/mol. The van der Waals surface area contributed by atoms with Crippen molar-refractivity contribution in [3.05, 3.63) is 59.1 Å². The molecule has 6 heteroatoms. The number of hydrogen-bond donors (Lipinski definition) is 0. The molecule has 0 aliphatic carbocycles. The predicted octanol–water partition coefficient (Wildman–Crippen LogP) is 4.58. The van der Waals surface area contributed by atoms with E-state index in [0.717, 1.165) is 10.5 Å². The van der Waals surface area contributed by atoms with Gasteiger partial charge in [-0.05, 0) is 48.0 Å². The van der Waals surface area contributed by atoms with E-state index in [1.165, 1.54) is 24.9 Å². The van der Waals surface area contributed by atoms with Crippen molar-refractivity contribution in [1.29, 1.82) is 5.26 Å². The second-order valence-electron chi connectivity index (χ2n) is 4.59. The third kappa shape index (κ3) is 5.34. The van der Waals surface area contributed by atoms with Crippen LogP contribution in [0.4, 0.5) is 0 Å². The molecule has 2 aromatic rings. The molecule has 0 unspecified atom stereocenters. The average Bonchev–Trinajstić information content (AvgIpc) is 2.60. The van der Waals surface area contributed by atoms with Crippen molar-refractivity contribution >= 4 is 35.4 Å². The maximum absolute atomic E-state index is 12.0. The monoisotopic (exact) mass is 359 g/mol. The SMILES string of the molecule is COc1cc(/C=C\C#N)ccc1OC(=O)CSc1ccc(Cl)cc1. The molecule has 0 amide bonds. The Hall–Kier alpha value is -2.42. The highest BCUT2D eigenvalue weighted by atomic mass is 35.5. The molecule has 0 atom stereocenters. The van der Waals surface area contributed by atoms with E-state index >= 15 is 0 Å². The number of carbonyl (C=O) groups is 1. The van der Waals surface area contributed by atoms with Crippen LogP contribution in [0.3, 0.4) is 0 Å². The molecule has 2 rings (SSSR count). The Kier molecular flexibility index (Phi) is 6.74. The van der Waals surface area contributed by atoms with Gasteiger partial charge in [-0.3, -0.25) is 4.79 Å². The quantitative estimate of drug-likeness (QED) is 0.327. The summed E-state index contributed by atoms with van der Waals surface area (Å²) in [6, 6.07) is 14.2. The summed E-state index contributed by atoms with van der Waals surface area (Å²) in [6.45, 7) is 0. The van der Waals surface area contributed by atoms with E-state index in [1.807, 2.05) is 18.2 Å². The van der Waals surface area contributed by atoms with Gasteiger partial charge in [0.05, 0.1) is 18.9 Å². The number of benzene rings is 2. The number of ether oxygens (including phenoxy) is 2. The third-order valence-electron chi connectivity index (χ3n) is 2.93. The summed E-state index contributed by atoms with van der Waals surface area (Å²) in [6.07, 6.45) is 3.01. The van der Waals surface area contributed by atoms with Crippen molar-refractivity contribution in [2.75, 3.05) is 12.9 Å². The molecule has 2 aromatic carbocycles. The number of allylic oxidation sites excluding steroid dienone is 1. The van der Waals surface area contributed by atoms with Crippen LogP contribution >= 0.6 is 23.4 Å². The van der Waals surface area contributed by atoms with Crippen molar-refractivity contribution < 1.29 is 14.3 Å². The molecule has 0 N–H and O–H groups in total. The van der Waals surface area contributed by atoms with E-state index in [-0.39, 0.29) is 11.7 Å². The molecular formula is C18H14ClNO3S. The van der Waals surface area contributed by atoms with Gasteiger partial charge in [0.1, 0.15) is 0 Å². The number of rotatable bonds is 6. The van der Waals surface area contributed by atoms with Crippen LogP contribution in [0.1, 0.15) is 5.56 Å². The second-order valence-corrected chi connectivity index (χ2v) is 6.07. The molecule has 0 bridgehead atoms. The summed E-state index contributed by atoms with van der Waals surface area (Å²) in [5.41, 5.74) is 0.781. The number of thioether (sulfide) groups is 1. The van der Waals surface area contributed by atoms with E-state index in [1.54, 1.807) is 36.4 Å². The number of esters is 1. The van der Waals surface area contributed by atoms with Gasteiger partial charge in [0, 0.05) is 16.0 Å². The largest absolute Gasteiger partial charge is 0.493 e. The van der Waals surface area contributed by atoms with Crippen molar-refractivity contribution in [3.63, 3.8) is 0 Å². The molecule has 0 saturated carbocycles. The lowest BCUT2D eigenvalue weighted by atomic mass is 10.2. The van der Waals surface area contributed by atoms with E-state index in [9.17, 15) is 4.79 Å². The van der Waals surface area contributed by atoms with Crippen molar-refractivity contribution in [2.45, 2.75) is 4.90 Å². The van der Waals surface area contributed by atoms with Gasteiger partial charge in [0.2, 0.25) is 0 Å². The summed E-state index contributed by atoms with van der Waals surface area (Å²) in [7, 11) is 1.49. The lowest BCUT2D eigenvalue weighted by Gasteiger charge is -2.10. The zero-order valence-corrected chi connectivity index (χ0v) is 14.4. The van der Waals surface area contributed by atoms with Crippen LogP contribution in [-0.4, -0.2) is 18.8 Å². The van der Waals surface area contributed by atoms with Gasteiger partial charge < -0.3 is 9.47 Å². The number of halogens is 1. The van der Waals surface area contributed by atoms with Crippen molar-refractivity contribution in [3.8, 4) is 17.6 Å². The molecule has 0 saturated heterocycles. The minimum atomic E-state index is -0.381. The maximum atomic E-state index is 12.0. The van der Waals surface area contributed by atoms with Gasteiger partial charge in [0.25, 0.3) is 0 Å². The molecule has 0 heterocycles. The Morgan fingerprint density at radius 2 is 2.00 bits per heavy atom. The Labute approximate surface area is 149 Å². The zero-order chi connectivity index (χ0) is 17.4. The molecule has 0 aliphatic rings. The highest BCUT2D eigenvalue weighted by Crippen LogP contribution is 2.29. The normalized spacial score (nSPS) is 10.4. The van der Waals surface area contributed by atoms with Crippen LogP contribution in [0.5, 0.6) is 11.5 Å². The third-order valence-corrected chi connectivity index (χ3v) is 4.17. The highest BCUT2D eigenvalue weighted by molar-refractivity contribution is 8.00. The fourth-order valence-corrected chi connectivity index (χ4v) is 2.63. The highest BCUT2D eigenvalue weighted by Gasteiger charge is 2.11. The van der Waals surface area contributed by atoms with Crippen LogP contribution < -0.4 is 9.47 Å². The number of nitrogens with zero attached hydrogens (tertiary/aromatic N) is 1. The first-order valence-corrected chi connectivity index (χ1v) is 8.32. The fourth-order valence-electron chi connectivity index (χ4n) is 1.83. The average molecular weight is 360 g/mol. The topological polar surface area (TPSA) is 59.3 Å². The van der Waals surface area contributed by atoms with Crippen LogP contribution in [0.15, 0.2) is 53.4 Å². The minimum Gasteiger partial charge on any atom is -0.493 e. The molecule has 4 nitrogen and oxygen atoms in total. The van der Waals surface area contributed by atoms with E-state index in [2.05, 4.69) is 0 Å². The number of hydrogen-bond acceptors (Lipinski definition) is 5. The number of methoxy groups -OCH3 is 1. The molecule has 0 spiro atoms. The van der Waals surface area contributed by atoms with Gasteiger partial charge in [-0.1, -0.05) is 17.7 Å². The minimum absolute atomic E-state index is 0.168. The van der Waals surface area contributed by atoms with E-state index < -0.39 is 0 Å². The lowest BCUT2D eigenvalue weighted by molar-refractivity contribution is -0.131. The Morgan fingerprint density at radius 3 is 2.67 bits per heavy atom. The molecule has 0 radical (unpaired) electrons. The van der Waals surface area contributed by atoms with Crippen LogP contribution in [0, 0.1) is 11.3 Å². The van der Waals surface area contributed by atoms with Crippen molar-refractivity contribution in [2.24, 2.45) is 0 Å². The van der Waals surface area contributed by atoms with Gasteiger partial charge in [-0.25, -0.2) is 0 Å². The first kappa shape index (κ1) is 17.9. The maximum Gasteiger partial charge on any atom is 0.321 e. The zero-order valence-electron chi connectivity index (χ0n) is 12.9. The summed E-state index contributed by atoms with van der Waals surface area (Å²) in [5, 5.41) is 9.20. The molecule has 0 aliphatic heterocycles. The molecule has 122 valence electrons. The Balaban J connectivity index is 1.99. The fraction of sp³-hybridized carbons (Fsp3) is 0.111. The van der Waals surface area contributed by atoms with Crippen molar-refractivity contribution in [1.82, 2.24) is 0 Å². The van der Waals surface area contributed by atoms with Crippen LogP contribution in [0.25, 0.3) is 6.08 Å². The smallest absolute Gasteiger partial charge is 0.321 e. The molecule has 0 aromatic heterocycles. The molecule has 24 heavy (non-hydrogen) atoms. The van der Waals surface area contributed by atoms with E-state index in [4.69, 9.17) is 26.3 Å². The van der Waals surface area contributed by atoms with Gasteiger partial charge >= 0.3 is 5.97 Å². The van der Waals surface area contributed by atoms with E-state index in [0.29, 0.717) is 16.5 Å². The predicted molar refractivity (Wildman–Crippen MR) is 95.5 cm³/mol. The summed E-state index contributed by atoms with van der Waals surface area (Å²) >= 11 is 7.19. The summed E-state index contributed by atoms with van der Waals surface area (Å²) < 4.78 is 10.6. The number of nitriles is 1. The Bertz CT molecular complexity index is 782. The summed E-state index contributed by atoms with van der Waals surface area (Å²) in [4.78, 5) is 12.9.